The molecule has 1 saturated heterocycles. The smallest absolute Gasteiger partial charge is 0.305 e. The first kappa shape index (κ1) is 22.9. The SMILES string of the molecule is O=C(O)C[C@H](NC(=O)CN(C(=O)c1cccc(C2CCNCC2)c1)C1CC1)c1cccnc1. The molecule has 0 spiro atoms. The lowest BCUT2D eigenvalue weighted by Crippen LogP contribution is -2.43. The van der Waals surface area contributed by atoms with Crippen LogP contribution in [0.5, 0.6) is 0 Å². The molecule has 0 bridgehead atoms. The third-order valence-electron chi connectivity index (χ3n) is 6.31. The van der Waals surface area contributed by atoms with E-state index in [9.17, 15) is 19.5 Å². The van der Waals surface area contributed by atoms with Crippen LogP contribution in [0.1, 0.15) is 65.5 Å². The summed E-state index contributed by atoms with van der Waals surface area (Å²) in [5, 5.41) is 15.4. The van der Waals surface area contributed by atoms with Crippen LogP contribution in [0.25, 0.3) is 0 Å². The van der Waals surface area contributed by atoms with E-state index >= 15 is 0 Å². The Kier molecular flexibility index (Phi) is 7.34. The van der Waals surface area contributed by atoms with Crippen LogP contribution in [0, 0.1) is 0 Å². The Labute approximate surface area is 193 Å². The van der Waals surface area contributed by atoms with Crippen molar-refractivity contribution in [1.82, 2.24) is 20.5 Å². The van der Waals surface area contributed by atoms with Crippen LogP contribution in [-0.2, 0) is 9.59 Å². The second-order valence-corrected chi connectivity index (χ2v) is 8.82. The first-order valence-electron chi connectivity index (χ1n) is 11.5. The minimum atomic E-state index is -1.02. The Balaban J connectivity index is 1.45. The Morgan fingerprint density at radius 3 is 2.58 bits per heavy atom. The molecule has 8 nitrogen and oxygen atoms in total. The van der Waals surface area contributed by atoms with Gasteiger partial charge in [0.1, 0.15) is 6.54 Å². The highest BCUT2D eigenvalue weighted by Gasteiger charge is 2.35. The van der Waals surface area contributed by atoms with Gasteiger partial charge in [-0.1, -0.05) is 18.2 Å². The summed E-state index contributed by atoms with van der Waals surface area (Å²) < 4.78 is 0. The molecule has 0 radical (unpaired) electrons. The molecule has 1 aromatic carbocycles. The molecular weight excluding hydrogens is 420 g/mol. The van der Waals surface area contributed by atoms with Crippen molar-refractivity contribution in [2.24, 2.45) is 0 Å². The predicted octanol–water partition coefficient (Wildman–Crippen LogP) is 2.49. The van der Waals surface area contributed by atoms with Crippen molar-refractivity contribution >= 4 is 17.8 Å². The van der Waals surface area contributed by atoms with E-state index in [2.05, 4.69) is 21.7 Å². The zero-order valence-electron chi connectivity index (χ0n) is 18.6. The number of carbonyl (C=O) groups is 3. The van der Waals surface area contributed by atoms with Crippen molar-refractivity contribution < 1.29 is 19.5 Å². The van der Waals surface area contributed by atoms with Gasteiger partial charge >= 0.3 is 5.97 Å². The highest BCUT2D eigenvalue weighted by Crippen LogP contribution is 2.30. The lowest BCUT2D eigenvalue weighted by atomic mass is 9.89. The van der Waals surface area contributed by atoms with Crippen molar-refractivity contribution in [3.8, 4) is 0 Å². The third-order valence-corrected chi connectivity index (χ3v) is 6.31. The Morgan fingerprint density at radius 1 is 1.12 bits per heavy atom. The lowest BCUT2D eigenvalue weighted by molar-refractivity contribution is -0.137. The van der Waals surface area contributed by atoms with E-state index in [4.69, 9.17) is 0 Å². The number of hydrogen-bond acceptors (Lipinski definition) is 5. The van der Waals surface area contributed by atoms with E-state index in [0.717, 1.165) is 38.8 Å². The third kappa shape index (κ3) is 6.16. The highest BCUT2D eigenvalue weighted by atomic mass is 16.4. The summed E-state index contributed by atoms with van der Waals surface area (Å²) in [7, 11) is 0. The summed E-state index contributed by atoms with van der Waals surface area (Å²) >= 11 is 0. The van der Waals surface area contributed by atoms with Gasteiger partial charge in [-0.2, -0.15) is 0 Å². The molecule has 2 amide bonds. The molecule has 1 aromatic heterocycles. The van der Waals surface area contributed by atoms with E-state index < -0.39 is 12.0 Å². The van der Waals surface area contributed by atoms with Crippen LogP contribution >= 0.6 is 0 Å². The molecule has 2 aromatic rings. The summed E-state index contributed by atoms with van der Waals surface area (Å²) in [6.45, 7) is 1.86. The molecule has 2 aliphatic rings. The number of carboxylic acid groups (broad SMARTS) is 1. The van der Waals surface area contributed by atoms with E-state index in [1.165, 1.54) is 5.56 Å². The van der Waals surface area contributed by atoms with Crippen molar-refractivity contribution in [2.45, 2.75) is 50.1 Å². The maximum atomic E-state index is 13.4. The molecule has 1 atom stereocenters. The Morgan fingerprint density at radius 2 is 1.91 bits per heavy atom. The fourth-order valence-electron chi connectivity index (χ4n) is 4.40. The van der Waals surface area contributed by atoms with Gasteiger partial charge in [-0.25, -0.2) is 0 Å². The summed E-state index contributed by atoms with van der Waals surface area (Å²) in [5.41, 5.74) is 2.38. The molecule has 1 aliphatic carbocycles. The van der Waals surface area contributed by atoms with Crippen molar-refractivity contribution in [1.29, 1.82) is 0 Å². The van der Waals surface area contributed by atoms with Gasteiger partial charge in [0, 0.05) is 24.0 Å². The molecular formula is C25H30N4O4. The molecule has 3 N–H and O–H groups in total. The molecule has 0 unspecified atom stereocenters. The first-order valence-corrected chi connectivity index (χ1v) is 11.5. The van der Waals surface area contributed by atoms with Gasteiger partial charge in [0.15, 0.2) is 0 Å². The summed E-state index contributed by atoms with van der Waals surface area (Å²) in [5.74, 6) is -1.11. The molecule has 1 saturated carbocycles. The average Bonchev–Trinajstić information content (AvgIpc) is 3.68. The average molecular weight is 451 g/mol. The van der Waals surface area contributed by atoms with Crippen molar-refractivity contribution in [3.05, 3.63) is 65.5 Å². The lowest BCUT2D eigenvalue weighted by Gasteiger charge is -2.26. The number of carbonyl (C=O) groups excluding carboxylic acids is 2. The minimum absolute atomic E-state index is 0.0436. The number of hydrogen-bond donors (Lipinski definition) is 3. The molecule has 2 fully saturated rings. The van der Waals surface area contributed by atoms with Crippen molar-refractivity contribution in [3.63, 3.8) is 0 Å². The van der Waals surface area contributed by atoms with E-state index in [1.807, 2.05) is 18.2 Å². The molecule has 1 aliphatic heterocycles. The van der Waals surface area contributed by atoms with Gasteiger partial charge in [0.05, 0.1) is 12.5 Å². The number of piperidine rings is 1. The highest BCUT2D eigenvalue weighted by molar-refractivity contribution is 5.97. The normalized spacial score (nSPS) is 17.2. The van der Waals surface area contributed by atoms with E-state index in [1.54, 1.807) is 29.4 Å². The van der Waals surface area contributed by atoms with Crippen LogP contribution in [-0.4, -0.2) is 58.5 Å². The Bertz CT molecular complexity index is 987. The number of carboxylic acids is 1. The van der Waals surface area contributed by atoms with Crippen molar-refractivity contribution in [2.75, 3.05) is 19.6 Å². The zero-order valence-corrected chi connectivity index (χ0v) is 18.6. The van der Waals surface area contributed by atoms with Crippen LogP contribution < -0.4 is 10.6 Å². The van der Waals surface area contributed by atoms with Gasteiger partial charge < -0.3 is 20.6 Å². The van der Waals surface area contributed by atoms with Crippen LogP contribution in [0.2, 0.25) is 0 Å². The van der Waals surface area contributed by atoms with E-state index in [0.29, 0.717) is 17.0 Å². The van der Waals surface area contributed by atoms with Crippen LogP contribution in [0.15, 0.2) is 48.8 Å². The fourth-order valence-corrected chi connectivity index (χ4v) is 4.40. The standard InChI is InChI=1S/C25H30N4O4/c30-23(28-22(14-24(31)32)20-5-2-10-27-15-20)16-29(21-6-7-21)25(33)19-4-1-3-18(13-19)17-8-11-26-12-9-17/h1-5,10,13,15,17,21-22,26H,6-9,11-12,14,16H2,(H,28,30)(H,31,32)/t22-/m0/s1. The maximum Gasteiger partial charge on any atom is 0.305 e. The Hall–Kier alpha value is -3.26. The second-order valence-electron chi connectivity index (χ2n) is 8.82. The molecule has 174 valence electrons. The number of rotatable bonds is 9. The number of nitrogens with one attached hydrogen (secondary N) is 2. The number of benzene rings is 1. The number of aliphatic carboxylic acids is 1. The monoisotopic (exact) mass is 450 g/mol. The van der Waals surface area contributed by atoms with Crippen LogP contribution in [0.4, 0.5) is 0 Å². The molecule has 2 heterocycles. The second kappa shape index (κ2) is 10.6. The minimum Gasteiger partial charge on any atom is -0.481 e. The largest absolute Gasteiger partial charge is 0.481 e. The topological polar surface area (TPSA) is 112 Å². The number of amides is 2. The fraction of sp³-hybridized carbons (Fsp3) is 0.440. The maximum absolute atomic E-state index is 13.4. The predicted molar refractivity (Wildman–Crippen MR) is 123 cm³/mol. The number of aromatic nitrogens is 1. The van der Waals surface area contributed by atoms with E-state index in [-0.39, 0.29) is 30.8 Å². The summed E-state index contributed by atoms with van der Waals surface area (Å²) in [6.07, 6.45) is 6.71. The molecule has 8 heteroatoms. The summed E-state index contributed by atoms with van der Waals surface area (Å²) in [6, 6.07) is 10.5. The van der Waals surface area contributed by atoms with Gasteiger partial charge in [-0.05, 0) is 74.0 Å². The van der Waals surface area contributed by atoms with Gasteiger partial charge in [0.2, 0.25) is 5.91 Å². The quantitative estimate of drug-likeness (QED) is 0.541. The first-order chi connectivity index (χ1) is 16.0. The van der Waals surface area contributed by atoms with Gasteiger partial charge in [0.25, 0.3) is 5.91 Å². The van der Waals surface area contributed by atoms with Gasteiger partial charge in [-0.3, -0.25) is 19.4 Å². The number of pyridine rings is 1. The molecule has 4 rings (SSSR count). The van der Waals surface area contributed by atoms with Crippen LogP contribution in [0.3, 0.4) is 0 Å². The van der Waals surface area contributed by atoms with Gasteiger partial charge in [-0.15, -0.1) is 0 Å². The number of nitrogens with zero attached hydrogens (tertiary/aromatic N) is 2. The summed E-state index contributed by atoms with van der Waals surface area (Å²) in [4.78, 5) is 43.2. The zero-order chi connectivity index (χ0) is 23.2. The molecule has 33 heavy (non-hydrogen) atoms.